The SMILES string of the molecule is C#Cc1cccc(/C(C)=N/OCc2c(C)cccc2/C(C)=N\OC)c1.NC=O. The van der Waals surface area contributed by atoms with Crippen molar-refractivity contribution in [3.8, 4) is 12.3 Å². The Morgan fingerprint density at radius 2 is 1.86 bits per heavy atom. The molecule has 0 heterocycles. The van der Waals surface area contributed by atoms with Gasteiger partial charge in [0.05, 0.1) is 11.4 Å². The van der Waals surface area contributed by atoms with Crippen molar-refractivity contribution in [3.05, 3.63) is 70.3 Å². The van der Waals surface area contributed by atoms with Gasteiger partial charge in [-0.25, -0.2) is 0 Å². The van der Waals surface area contributed by atoms with Crippen molar-refractivity contribution < 1.29 is 14.5 Å². The first-order valence-electron chi connectivity index (χ1n) is 8.54. The topological polar surface area (TPSA) is 86.3 Å². The number of nitrogens with zero attached hydrogens (tertiary/aromatic N) is 2. The smallest absolute Gasteiger partial charge is 0.204 e. The Bertz CT molecular complexity index is 896. The van der Waals surface area contributed by atoms with E-state index in [0.717, 1.165) is 39.2 Å². The van der Waals surface area contributed by atoms with Crippen LogP contribution in [0.3, 0.4) is 0 Å². The normalized spacial score (nSPS) is 11.0. The van der Waals surface area contributed by atoms with Crippen LogP contribution >= 0.6 is 0 Å². The molecule has 0 saturated carbocycles. The molecule has 2 rings (SSSR count). The highest BCUT2D eigenvalue weighted by molar-refractivity contribution is 6.00. The molecule has 0 atom stereocenters. The van der Waals surface area contributed by atoms with Gasteiger partial charge in [-0.15, -0.1) is 6.42 Å². The minimum Gasteiger partial charge on any atom is -0.399 e. The molecular formula is C22H25N3O3. The maximum Gasteiger partial charge on any atom is 0.204 e. The van der Waals surface area contributed by atoms with Gasteiger partial charge >= 0.3 is 0 Å². The van der Waals surface area contributed by atoms with Crippen LogP contribution < -0.4 is 5.73 Å². The molecule has 2 aromatic carbocycles. The van der Waals surface area contributed by atoms with Gasteiger partial charge in [0.2, 0.25) is 6.41 Å². The fourth-order valence-electron chi connectivity index (χ4n) is 2.50. The molecule has 0 spiro atoms. The number of amides is 1. The standard InChI is InChI=1S/C21H22N2O2.CH3NO/c1-6-18-10-8-11-19(13-18)16(3)23-25-14-21-15(2)9-7-12-20(21)17(4)22-24-5;2-1-3/h1,7-13H,14H2,2-5H3;1H,(H2,2,3)/b22-17-,23-16+;. The van der Waals surface area contributed by atoms with Crippen LogP contribution in [0.15, 0.2) is 52.8 Å². The minimum atomic E-state index is 0.250. The van der Waals surface area contributed by atoms with Gasteiger partial charge in [-0.2, -0.15) is 0 Å². The zero-order chi connectivity index (χ0) is 20.9. The Morgan fingerprint density at radius 1 is 1.18 bits per heavy atom. The van der Waals surface area contributed by atoms with Crippen LogP contribution in [0.1, 0.15) is 41.7 Å². The van der Waals surface area contributed by atoms with E-state index in [4.69, 9.17) is 20.9 Å². The number of benzene rings is 2. The molecule has 2 N–H and O–H groups in total. The van der Waals surface area contributed by atoms with Crippen LogP contribution in [-0.4, -0.2) is 24.9 Å². The zero-order valence-electron chi connectivity index (χ0n) is 16.6. The first-order valence-corrected chi connectivity index (χ1v) is 8.54. The predicted octanol–water partition coefficient (Wildman–Crippen LogP) is 3.39. The van der Waals surface area contributed by atoms with E-state index in [9.17, 15) is 0 Å². The van der Waals surface area contributed by atoms with Gasteiger partial charge in [-0.3, -0.25) is 4.79 Å². The molecule has 0 fully saturated rings. The number of hydrogen-bond acceptors (Lipinski definition) is 5. The molecule has 0 aromatic heterocycles. The number of nitrogens with two attached hydrogens (primary N) is 1. The van der Waals surface area contributed by atoms with Crippen molar-refractivity contribution >= 4 is 17.8 Å². The molecule has 6 nitrogen and oxygen atoms in total. The molecule has 0 unspecified atom stereocenters. The molecule has 0 aliphatic rings. The van der Waals surface area contributed by atoms with E-state index in [1.807, 2.05) is 63.2 Å². The lowest BCUT2D eigenvalue weighted by atomic mass is 10.00. The van der Waals surface area contributed by atoms with Crippen LogP contribution in [0.25, 0.3) is 0 Å². The lowest BCUT2D eigenvalue weighted by Crippen LogP contribution is -2.05. The molecule has 0 saturated heterocycles. The predicted molar refractivity (Wildman–Crippen MR) is 112 cm³/mol. The maximum atomic E-state index is 8.58. The van der Waals surface area contributed by atoms with Crippen LogP contribution in [0, 0.1) is 19.3 Å². The van der Waals surface area contributed by atoms with Crippen LogP contribution in [0.5, 0.6) is 0 Å². The highest BCUT2D eigenvalue weighted by Gasteiger charge is 2.10. The molecule has 6 heteroatoms. The fraction of sp³-hybridized carbons (Fsp3) is 0.227. The van der Waals surface area contributed by atoms with Crippen molar-refractivity contribution in [3.63, 3.8) is 0 Å². The Morgan fingerprint density at radius 3 is 2.50 bits per heavy atom. The quantitative estimate of drug-likeness (QED) is 0.361. The summed E-state index contributed by atoms with van der Waals surface area (Å²) < 4.78 is 0. The summed E-state index contributed by atoms with van der Waals surface area (Å²) in [5.41, 5.74) is 10.6. The van der Waals surface area contributed by atoms with Gasteiger partial charge in [0, 0.05) is 22.3 Å². The van der Waals surface area contributed by atoms with Gasteiger partial charge in [0.15, 0.2) is 0 Å². The highest BCUT2D eigenvalue weighted by atomic mass is 16.6. The Hall–Kier alpha value is -3.59. The summed E-state index contributed by atoms with van der Waals surface area (Å²) in [7, 11) is 1.54. The highest BCUT2D eigenvalue weighted by Crippen LogP contribution is 2.17. The number of carbonyl (C=O) groups is 1. The lowest BCUT2D eigenvalue weighted by Gasteiger charge is -2.11. The molecule has 0 bridgehead atoms. The molecule has 2 aromatic rings. The number of aryl methyl sites for hydroxylation is 1. The molecule has 0 aliphatic carbocycles. The van der Waals surface area contributed by atoms with Crippen LogP contribution in [-0.2, 0) is 21.1 Å². The fourth-order valence-corrected chi connectivity index (χ4v) is 2.50. The van der Waals surface area contributed by atoms with Crippen molar-refractivity contribution in [1.82, 2.24) is 0 Å². The molecule has 1 amide bonds. The first-order chi connectivity index (χ1) is 13.5. The molecule has 0 aliphatic heterocycles. The van der Waals surface area contributed by atoms with Crippen molar-refractivity contribution in [2.75, 3.05) is 7.11 Å². The average Bonchev–Trinajstić information content (AvgIpc) is 2.69. The molecule has 146 valence electrons. The number of terminal acetylenes is 1. The summed E-state index contributed by atoms with van der Waals surface area (Å²) in [5, 5.41) is 8.24. The summed E-state index contributed by atoms with van der Waals surface area (Å²) in [4.78, 5) is 19.1. The Kier molecular flexibility index (Phi) is 9.55. The maximum absolute atomic E-state index is 8.58. The second-order valence-corrected chi connectivity index (χ2v) is 5.77. The van der Waals surface area contributed by atoms with Crippen molar-refractivity contribution in [2.45, 2.75) is 27.4 Å². The van der Waals surface area contributed by atoms with E-state index in [1.165, 1.54) is 7.11 Å². The summed E-state index contributed by atoms with van der Waals surface area (Å²) in [6.07, 6.45) is 5.69. The van der Waals surface area contributed by atoms with E-state index >= 15 is 0 Å². The third-order valence-electron chi connectivity index (χ3n) is 3.89. The third-order valence-corrected chi connectivity index (χ3v) is 3.89. The summed E-state index contributed by atoms with van der Waals surface area (Å²) in [6.45, 7) is 6.19. The van der Waals surface area contributed by atoms with Gasteiger partial charge in [0.1, 0.15) is 13.7 Å². The molecule has 28 heavy (non-hydrogen) atoms. The molecular weight excluding hydrogens is 354 g/mol. The number of primary amides is 1. The zero-order valence-corrected chi connectivity index (χ0v) is 16.6. The van der Waals surface area contributed by atoms with Gasteiger partial charge in [-0.1, -0.05) is 46.6 Å². The number of rotatable bonds is 6. The van der Waals surface area contributed by atoms with Crippen LogP contribution in [0.2, 0.25) is 0 Å². The van der Waals surface area contributed by atoms with E-state index in [-0.39, 0.29) is 6.41 Å². The van der Waals surface area contributed by atoms with Crippen LogP contribution in [0.4, 0.5) is 0 Å². The Balaban J connectivity index is 0.00000122. The van der Waals surface area contributed by atoms with Gasteiger partial charge < -0.3 is 15.4 Å². The largest absolute Gasteiger partial charge is 0.399 e. The molecule has 0 radical (unpaired) electrons. The Labute approximate surface area is 166 Å². The first kappa shape index (κ1) is 22.5. The van der Waals surface area contributed by atoms with E-state index < -0.39 is 0 Å². The lowest BCUT2D eigenvalue weighted by molar-refractivity contribution is -0.106. The number of carbonyl (C=O) groups excluding carboxylic acids is 1. The third kappa shape index (κ3) is 6.61. The van der Waals surface area contributed by atoms with Crippen molar-refractivity contribution in [1.29, 1.82) is 0 Å². The van der Waals surface area contributed by atoms with Gasteiger partial charge in [0.25, 0.3) is 0 Å². The second-order valence-electron chi connectivity index (χ2n) is 5.77. The van der Waals surface area contributed by atoms with Crippen molar-refractivity contribution in [2.24, 2.45) is 16.0 Å². The number of oxime groups is 2. The summed E-state index contributed by atoms with van der Waals surface area (Å²) in [5.74, 6) is 2.62. The van der Waals surface area contributed by atoms with E-state index in [0.29, 0.717) is 6.61 Å². The summed E-state index contributed by atoms with van der Waals surface area (Å²) in [6, 6.07) is 13.7. The number of hydrogen-bond donors (Lipinski definition) is 1. The minimum absolute atomic E-state index is 0.250. The van der Waals surface area contributed by atoms with E-state index in [2.05, 4.69) is 22.0 Å². The second kappa shape index (κ2) is 11.9. The van der Waals surface area contributed by atoms with E-state index in [1.54, 1.807) is 0 Å². The average molecular weight is 379 g/mol. The summed E-state index contributed by atoms with van der Waals surface area (Å²) >= 11 is 0. The van der Waals surface area contributed by atoms with Gasteiger partial charge in [-0.05, 0) is 38.5 Å². The monoisotopic (exact) mass is 379 g/mol.